The summed E-state index contributed by atoms with van der Waals surface area (Å²) in [5.74, 6) is 0.540. The average molecular weight is 408 g/mol. The van der Waals surface area contributed by atoms with Gasteiger partial charge in [0.15, 0.2) is 0 Å². The highest BCUT2D eigenvalue weighted by atomic mass is 16.2. The lowest BCUT2D eigenvalue weighted by Crippen LogP contribution is -2.41. The van der Waals surface area contributed by atoms with Gasteiger partial charge in [-0.2, -0.15) is 0 Å². The van der Waals surface area contributed by atoms with Crippen LogP contribution in [0.25, 0.3) is 0 Å². The van der Waals surface area contributed by atoms with E-state index in [4.69, 9.17) is 0 Å². The molecule has 30 heavy (non-hydrogen) atoms. The van der Waals surface area contributed by atoms with E-state index >= 15 is 0 Å². The van der Waals surface area contributed by atoms with E-state index in [1.54, 1.807) is 0 Å². The molecule has 1 fully saturated rings. The zero-order valence-corrected chi connectivity index (χ0v) is 18.5. The Hall–Kier alpha value is -2.66. The van der Waals surface area contributed by atoms with Gasteiger partial charge in [0.25, 0.3) is 0 Å². The molecule has 0 unspecified atom stereocenters. The number of rotatable bonds is 6. The molecule has 5 nitrogen and oxygen atoms in total. The summed E-state index contributed by atoms with van der Waals surface area (Å²) in [6.07, 6.45) is 1.54. The Morgan fingerprint density at radius 2 is 1.57 bits per heavy atom. The molecular weight excluding hydrogens is 374 g/mol. The highest BCUT2D eigenvalue weighted by Crippen LogP contribution is 2.21. The number of hydrogen-bond acceptors (Lipinski definition) is 3. The maximum atomic E-state index is 12.6. The van der Waals surface area contributed by atoms with Crippen molar-refractivity contribution in [1.82, 2.24) is 4.90 Å². The molecule has 160 valence electrons. The molecule has 2 aromatic carbocycles. The van der Waals surface area contributed by atoms with Crippen LogP contribution >= 0.6 is 0 Å². The summed E-state index contributed by atoms with van der Waals surface area (Å²) in [7, 11) is 0. The lowest BCUT2D eigenvalue weighted by Gasteiger charge is -2.30. The second kappa shape index (κ2) is 9.90. The summed E-state index contributed by atoms with van der Waals surface area (Å²) in [6.45, 7) is 10.3. The first-order valence-corrected chi connectivity index (χ1v) is 10.8. The number of carbonyl (C=O) groups excluding carboxylic acids is 2. The second-order valence-electron chi connectivity index (χ2n) is 8.66. The number of carbonyl (C=O) groups is 2. The van der Waals surface area contributed by atoms with Gasteiger partial charge in [-0.15, -0.1) is 0 Å². The molecule has 1 aliphatic rings. The van der Waals surface area contributed by atoms with Gasteiger partial charge < -0.3 is 10.6 Å². The number of anilines is 2. The Morgan fingerprint density at radius 3 is 2.17 bits per heavy atom. The van der Waals surface area contributed by atoms with Gasteiger partial charge in [0.1, 0.15) is 0 Å². The zero-order valence-electron chi connectivity index (χ0n) is 18.5. The molecule has 0 spiro atoms. The quantitative estimate of drug-likeness (QED) is 0.729. The van der Waals surface area contributed by atoms with Crippen LogP contribution in [-0.2, 0) is 9.59 Å². The number of aryl methyl sites for hydroxylation is 2. The van der Waals surface area contributed by atoms with Crippen LogP contribution in [0.1, 0.15) is 49.3 Å². The SMILES string of the molecule is Cc1ccc(NC(=O)CN2CCC(C(=O)Nc3ccc(C(C)C)cc3)CC2)cc1C. The van der Waals surface area contributed by atoms with Gasteiger partial charge in [0.2, 0.25) is 11.8 Å². The Balaban J connectivity index is 1.44. The van der Waals surface area contributed by atoms with Crippen molar-refractivity contribution >= 4 is 23.2 Å². The number of hydrogen-bond donors (Lipinski definition) is 2. The maximum Gasteiger partial charge on any atom is 0.238 e. The molecule has 1 aliphatic heterocycles. The third-order valence-corrected chi connectivity index (χ3v) is 5.96. The summed E-state index contributed by atoms with van der Waals surface area (Å²) < 4.78 is 0. The predicted molar refractivity (Wildman–Crippen MR) is 123 cm³/mol. The van der Waals surface area contributed by atoms with E-state index in [1.165, 1.54) is 16.7 Å². The van der Waals surface area contributed by atoms with Crippen molar-refractivity contribution in [1.29, 1.82) is 0 Å². The van der Waals surface area contributed by atoms with E-state index < -0.39 is 0 Å². The molecule has 5 heteroatoms. The van der Waals surface area contributed by atoms with Crippen molar-refractivity contribution in [3.05, 3.63) is 59.2 Å². The smallest absolute Gasteiger partial charge is 0.238 e. The Bertz CT molecular complexity index is 882. The summed E-state index contributed by atoms with van der Waals surface area (Å²) >= 11 is 0. The topological polar surface area (TPSA) is 61.4 Å². The van der Waals surface area contributed by atoms with Gasteiger partial charge in [-0.25, -0.2) is 0 Å². The first-order chi connectivity index (χ1) is 14.3. The standard InChI is InChI=1S/C25H33N3O2/c1-17(2)20-6-9-22(10-7-20)27-25(30)21-11-13-28(14-12-21)16-24(29)26-23-8-5-18(3)19(4)15-23/h5-10,15,17,21H,11-14,16H2,1-4H3,(H,26,29)(H,27,30). The molecule has 1 heterocycles. The van der Waals surface area contributed by atoms with E-state index in [0.717, 1.165) is 37.3 Å². The minimum atomic E-state index is -0.00797. The minimum Gasteiger partial charge on any atom is -0.326 e. The van der Waals surface area contributed by atoms with Gasteiger partial charge in [0, 0.05) is 17.3 Å². The Kier molecular flexibility index (Phi) is 7.27. The molecule has 2 aromatic rings. The molecule has 0 saturated carbocycles. The molecule has 3 rings (SSSR count). The number of likely N-dealkylation sites (tertiary alicyclic amines) is 1. The van der Waals surface area contributed by atoms with Gasteiger partial charge in [0.05, 0.1) is 6.54 Å². The summed E-state index contributed by atoms with van der Waals surface area (Å²) in [4.78, 5) is 27.1. The van der Waals surface area contributed by atoms with E-state index in [0.29, 0.717) is 12.5 Å². The number of piperidine rings is 1. The number of amides is 2. The van der Waals surface area contributed by atoms with E-state index in [-0.39, 0.29) is 17.7 Å². The number of nitrogens with zero attached hydrogens (tertiary/aromatic N) is 1. The Labute approximate surface area is 179 Å². The zero-order chi connectivity index (χ0) is 21.7. The molecule has 0 aliphatic carbocycles. The fourth-order valence-electron chi connectivity index (χ4n) is 3.77. The predicted octanol–water partition coefficient (Wildman–Crippen LogP) is 4.72. The summed E-state index contributed by atoms with van der Waals surface area (Å²) in [5, 5.41) is 6.02. The van der Waals surface area contributed by atoms with Crippen LogP contribution in [0.3, 0.4) is 0 Å². The highest BCUT2D eigenvalue weighted by molar-refractivity contribution is 5.93. The molecule has 2 N–H and O–H groups in total. The van der Waals surface area contributed by atoms with Crippen molar-refractivity contribution in [3.63, 3.8) is 0 Å². The lowest BCUT2D eigenvalue weighted by molar-refractivity contribution is -0.121. The van der Waals surface area contributed by atoms with Crippen molar-refractivity contribution in [2.45, 2.75) is 46.5 Å². The average Bonchev–Trinajstić information content (AvgIpc) is 2.71. The van der Waals surface area contributed by atoms with Crippen molar-refractivity contribution < 1.29 is 9.59 Å². The maximum absolute atomic E-state index is 12.6. The van der Waals surface area contributed by atoms with Crippen molar-refractivity contribution in [3.8, 4) is 0 Å². The first kappa shape index (κ1) is 22.0. The first-order valence-electron chi connectivity index (χ1n) is 10.8. The van der Waals surface area contributed by atoms with Crippen LogP contribution in [0.15, 0.2) is 42.5 Å². The third-order valence-electron chi connectivity index (χ3n) is 5.96. The van der Waals surface area contributed by atoms with Gasteiger partial charge in [-0.3, -0.25) is 14.5 Å². The van der Waals surface area contributed by atoms with Crippen LogP contribution in [0.4, 0.5) is 11.4 Å². The molecule has 2 amide bonds. The van der Waals surface area contributed by atoms with E-state index in [9.17, 15) is 9.59 Å². The van der Waals surface area contributed by atoms with Crippen molar-refractivity contribution in [2.75, 3.05) is 30.3 Å². The fraction of sp³-hybridized carbons (Fsp3) is 0.440. The van der Waals surface area contributed by atoms with Gasteiger partial charge in [-0.05, 0) is 86.7 Å². The normalized spacial score (nSPS) is 15.2. The molecule has 1 saturated heterocycles. The van der Waals surface area contributed by atoms with Crippen LogP contribution in [-0.4, -0.2) is 36.3 Å². The van der Waals surface area contributed by atoms with E-state index in [2.05, 4.69) is 48.4 Å². The highest BCUT2D eigenvalue weighted by Gasteiger charge is 2.26. The number of benzene rings is 2. The van der Waals surface area contributed by atoms with E-state index in [1.807, 2.05) is 37.3 Å². The molecule has 0 radical (unpaired) electrons. The summed E-state index contributed by atoms with van der Waals surface area (Å²) in [5.41, 5.74) is 5.32. The van der Waals surface area contributed by atoms with Crippen LogP contribution in [0.2, 0.25) is 0 Å². The molecule has 0 atom stereocenters. The van der Waals surface area contributed by atoms with Gasteiger partial charge >= 0.3 is 0 Å². The van der Waals surface area contributed by atoms with Gasteiger partial charge in [-0.1, -0.05) is 32.0 Å². The largest absolute Gasteiger partial charge is 0.326 e. The van der Waals surface area contributed by atoms with Crippen LogP contribution in [0.5, 0.6) is 0 Å². The third kappa shape index (κ3) is 5.92. The van der Waals surface area contributed by atoms with Crippen LogP contribution < -0.4 is 10.6 Å². The fourth-order valence-corrected chi connectivity index (χ4v) is 3.77. The lowest BCUT2D eigenvalue weighted by atomic mass is 9.95. The second-order valence-corrected chi connectivity index (χ2v) is 8.66. The monoisotopic (exact) mass is 407 g/mol. The molecule has 0 bridgehead atoms. The molecular formula is C25H33N3O2. The molecule has 0 aromatic heterocycles. The van der Waals surface area contributed by atoms with Crippen molar-refractivity contribution in [2.24, 2.45) is 5.92 Å². The minimum absolute atomic E-state index is 0.00571. The number of nitrogens with one attached hydrogen (secondary N) is 2. The summed E-state index contributed by atoms with van der Waals surface area (Å²) in [6, 6.07) is 14.0. The van der Waals surface area contributed by atoms with Crippen LogP contribution in [0, 0.1) is 19.8 Å². The Morgan fingerprint density at radius 1 is 0.933 bits per heavy atom.